The first-order valence-electron chi connectivity index (χ1n) is 4.90. The van der Waals surface area contributed by atoms with Crippen LogP contribution >= 0.6 is 0 Å². The van der Waals surface area contributed by atoms with E-state index < -0.39 is 0 Å². The van der Waals surface area contributed by atoms with Gasteiger partial charge in [-0.05, 0) is 30.0 Å². The highest BCUT2D eigenvalue weighted by Crippen LogP contribution is 2.44. The lowest BCUT2D eigenvalue weighted by atomic mass is 9.85. The van der Waals surface area contributed by atoms with Crippen LogP contribution in [0.2, 0.25) is 0 Å². The average Bonchev–Trinajstić information content (AvgIpc) is 2.33. The molecule has 1 aliphatic rings. The number of hydrogen-bond donors (Lipinski definition) is 1. The normalized spacial score (nSPS) is 24.4. The Bertz CT molecular complexity index is 315. The topological polar surface area (TPSA) is 12.0 Å². The summed E-state index contributed by atoms with van der Waals surface area (Å²) >= 11 is 0. The maximum atomic E-state index is 3.41. The largest absolute Gasteiger partial charge is 0.313 e. The van der Waals surface area contributed by atoms with Crippen LogP contribution in [-0.4, -0.2) is 7.05 Å². The molecule has 1 nitrogen and oxygen atoms in total. The van der Waals surface area contributed by atoms with Gasteiger partial charge in [0.25, 0.3) is 0 Å². The average molecular weight is 175 g/mol. The lowest BCUT2D eigenvalue weighted by Gasteiger charge is -2.26. The second-order valence-corrected chi connectivity index (χ2v) is 4.59. The number of benzene rings is 1. The van der Waals surface area contributed by atoms with Gasteiger partial charge < -0.3 is 5.32 Å². The van der Waals surface area contributed by atoms with Crippen molar-refractivity contribution in [3.8, 4) is 0 Å². The predicted octanol–water partition coefficient (Wildman–Crippen LogP) is 2.53. The minimum Gasteiger partial charge on any atom is -0.313 e. The van der Waals surface area contributed by atoms with Crippen LogP contribution in [0.5, 0.6) is 0 Å². The van der Waals surface area contributed by atoms with Crippen molar-refractivity contribution in [1.29, 1.82) is 0 Å². The van der Waals surface area contributed by atoms with E-state index in [0.29, 0.717) is 11.5 Å². The summed E-state index contributed by atoms with van der Waals surface area (Å²) in [6.45, 7) is 4.66. The number of nitrogens with one attached hydrogen (secondary N) is 1. The van der Waals surface area contributed by atoms with Crippen molar-refractivity contribution >= 4 is 0 Å². The Morgan fingerprint density at radius 2 is 2.00 bits per heavy atom. The van der Waals surface area contributed by atoms with Crippen LogP contribution in [0.4, 0.5) is 0 Å². The Hall–Kier alpha value is -0.820. The zero-order valence-corrected chi connectivity index (χ0v) is 8.59. The van der Waals surface area contributed by atoms with Gasteiger partial charge in [-0.2, -0.15) is 0 Å². The van der Waals surface area contributed by atoms with Crippen LogP contribution in [0.15, 0.2) is 24.3 Å². The fourth-order valence-corrected chi connectivity index (χ4v) is 2.54. The Morgan fingerprint density at radius 1 is 1.31 bits per heavy atom. The van der Waals surface area contributed by atoms with Gasteiger partial charge in [-0.25, -0.2) is 0 Å². The molecule has 0 radical (unpaired) electrons. The second kappa shape index (κ2) is 2.85. The molecule has 0 spiro atoms. The molecule has 1 heteroatoms. The molecule has 0 bridgehead atoms. The number of rotatable bonds is 1. The van der Waals surface area contributed by atoms with E-state index >= 15 is 0 Å². The summed E-state index contributed by atoms with van der Waals surface area (Å²) in [7, 11) is 2.05. The summed E-state index contributed by atoms with van der Waals surface area (Å²) in [4.78, 5) is 0. The Morgan fingerprint density at radius 3 is 2.69 bits per heavy atom. The summed E-state index contributed by atoms with van der Waals surface area (Å²) in [5, 5.41) is 3.41. The van der Waals surface area contributed by atoms with E-state index in [1.54, 1.807) is 0 Å². The summed E-state index contributed by atoms with van der Waals surface area (Å²) < 4.78 is 0. The molecule has 1 aromatic rings. The minimum absolute atomic E-state index is 0.360. The molecular weight excluding hydrogens is 158 g/mol. The first-order valence-corrected chi connectivity index (χ1v) is 4.90. The lowest BCUT2D eigenvalue weighted by Crippen LogP contribution is -2.28. The molecule has 0 saturated carbocycles. The van der Waals surface area contributed by atoms with Gasteiger partial charge >= 0.3 is 0 Å². The fraction of sp³-hybridized carbons (Fsp3) is 0.500. The monoisotopic (exact) mass is 175 g/mol. The standard InChI is InChI=1S/C12H17N/c1-12(2)8-9-6-4-5-7-10(9)11(12)13-3/h4-7,11,13H,8H2,1-3H3/t11-/m1/s1. The van der Waals surface area contributed by atoms with Crippen molar-refractivity contribution in [2.45, 2.75) is 26.3 Å². The van der Waals surface area contributed by atoms with E-state index in [1.807, 2.05) is 0 Å². The zero-order valence-electron chi connectivity index (χ0n) is 8.59. The van der Waals surface area contributed by atoms with Crippen LogP contribution < -0.4 is 5.32 Å². The van der Waals surface area contributed by atoms with Crippen molar-refractivity contribution in [1.82, 2.24) is 5.32 Å². The van der Waals surface area contributed by atoms with E-state index in [9.17, 15) is 0 Å². The van der Waals surface area contributed by atoms with Crippen molar-refractivity contribution in [3.63, 3.8) is 0 Å². The maximum Gasteiger partial charge on any atom is 0.0375 e. The van der Waals surface area contributed by atoms with E-state index in [-0.39, 0.29) is 0 Å². The number of hydrogen-bond acceptors (Lipinski definition) is 1. The van der Waals surface area contributed by atoms with E-state index in [1.165, 1.54) is 17.5 Å². The fourth-order valence-electron chi connectivity index (χ4n) is 2.54. The van der Waals surface area contributed by atoms with Crippen LogP contribution in [-0.2, 0) is 6.42 Å². The molecule has 1 aliphatic carbocycles. The lowest BCUT2D eigenvalue weighted by molar-refractivity contribution is 0.283. The van der Waals surface area contributed by atoms with E-state index in [4.69, 9.17) is 0 Å². The van der Waals surface area contributed by atoms with Crippen molar-refractivity contribution < 1.29 is 0 Å². The molecule has 1 atom stereocenters. The second-order valence-electron chi connectivity index (χ2n) is 4.59. The summed E-state index contributed by atoms with van der Waals surface area (Å²) in [6.07, 6.45) is 1.19. The SMILES string of the molecule is CN[C@@H]1c2ccccc2CC1(C)C. The van der Waals surface area contributed by atoms with Crippen molar-refractivity contribution in [2.75, 3.05) is 7.05 Å². The van der Waals surface area contributed by atoms with E-state index in [2.05, 4.69) is 50.5 Å². The molecule has 1 N–H and O–H groups in total. The predicted molar refractivity (Wildman–Crippen MR) is 55.7 cm³/mol. The highest BCUT2D eigenvalue weighted by Gasteiger charge is 2.37. The van der Waals surface area contributed by atoms with Crippen LogP contribution in [0.25, 0.3) is 0 Å². The molecule has 0 saturated heterocycles. The molecule has 0 unspecified atom stereocenters. The molecule has 0 aromatic heterocycles. The molecular formula is C12H17N. The molecule has 0 amide bonds. The van der Waals surface area contributed by atoms with Gasteiger partial charge in [0.2, 0.25) is 0 Å². The smallest absolute Gasteiger partial charge is 0.0375 e. The number of fused-ring (bicyclic) bond motifs is 1. The third-order valence-electron chi connectivity index (χ3n) is 3.08. The third-order valence-corrected chi connectivity index (χ3v) is 3.08. The molecule has 0 aliphatic heterocycles. The maximum absolute atomic E-state index is 3.41. The van der Waals surface area contributed by atoms with Gasteiger partial charge in [0, 0.05) is 6.04 Å². The van der Waals surface area contributed by atoms with Crippen molar-refractivity contribution in [3.05, 3.63) is 35.4 Å². The van der Waals surface area contributed by atoms with Gasteiger partial charge in [-0.1, -0.05) is 38.1 Å². The summed E-state index contributed by atoms with van der Waals surface area (Å²) in [5.74, 6) is 0. The van der Waals surface area contributed by atoms with Gasteiger partial charge in [0.15, 0.2) is 0 Å². The van der Waals surface area contributed by atoms with Gasteiger partial charge in [-0.3, -0.25) is 0 Å². The molecule has 2 rings (SSSR count). The first kappa shape index (κ1) is 8.76. The van der Waals surface area contributed by atoms with Crippen LogP contribution in [0.3, 0.4) is 0 Å². The summed E-state index contributed by atoms with van der Waals surface area (Å²) in [6, 6.07) is 9.26. The van der Waals surface area contributed by atoms with Gasteiger partial charge in [0.1, 0.15) is 0 Å². The Kier molecular flexibility index (Phi) is 1.92. The quantitative estimate of drug-likeness (QED) is 0.691. The molecule has 0 heterocycles. The van der Waals surface area contributed by atoms with Crippen LogP contribution in [0, 0.1) is 5.41 Å². The van der Waals surface area contributed by atoms with Gasteiger partial charge in [0.05, 0.1) is 0 Å². The first-order chi connectivity index (χ1) is 6.15. The van der Waals surface area contributed by atoms with Gasteiger partial charge in [-0.15, -0.1) is 0 Å². The van der Waals surface area contributed by atoms with E-state index in [0.717, 1.165) is 0 Å². The molecule has 13 heavy (non-hydrogen) atoms. The Balaban J connectivity index is 2.46. The molecule has 0 fully saturated rings. The third kappa shape index (κ3) is 1.28. The summed E-state index contributed by atoms with van der Waals surface area (Å²) in [5.41, 5.74) is 3.35. The highest BCUT2D eigenvalue weighted by molar-refractivity contribution is 5.37. The molecule has 70 valence electrons. The minimum atomic E-state index is 0.360. The van der Waals surface area contributed by atoms with Crippen molar-refractivity contribution in [2.24, 2.45) is 5.41 Å². The van der Waals surface area contributed by atoms with Crippen LogP contribution in [0.1, 0.15) is 31.0 Å². The highest BCUT2D eigenvalue weighted by atomic mass is 14.9. The zero-order chi connectivity index (χ0) is 9.47. The Labute approximate surface area is 80.2 Å². The molecule has 1 aromatic carbocycles.